The summed E-state index contributed by atoms with van der Waals surface area (Å²) < 4.78 is 37.1. The molecule has 0 fully saturated rings. The van der Waals surface area contributed by atoms with Gasteiger partial charge in [-0.15, -0.1) is 0 Å². The zero-order valence-electron chi connectivity index (χ0n) is 11.7. The van der Waals surface area contributed by atoms with Crippen LogP contribution in [0.25, 0.3) is 0 Å². The third-order valence-electron chi connectivity index (χ3n) is 2.98. The summed E-state index contributed by atoms with van der Waals surface area (Å²) in [4.78, 5) is 0. The summed E-state index contributed by atoms with van der Waals surface area (Å²) >= 11 is 0. The first-order valence-corrected chi connectivity index (χ1v) is 6.57. The van der Waals surface area contributed by atoms with Crippen molar-refractivity contribution in [3.8, 4) is 11.5 Å². The van der Waals surface area contributed by atoms with Crippen LogP contribution in [-0.4, -0.2) is 13.7 Å². The van der Waals surface area contributed by atoms with Gasteiger partial charge in [0, 0.05) is 6.07 Å². The van der Waals surface area contributed by atoms with Gasteiger partial charge in [-0.25, -0.2) is 8.78 Å². The highest BCUT2D eigenvalue weighted by atomic mass is 19.1. The summed E-state index contributed by atoms with van der Waals surface area (Å²) in [7, 11) is 1.53. The Morgan fingerprint density at radius 2 is 1.67 bits per heavy atom. The smallest absolute Gasteiger partial charge is 0.161 e. The van der Waals surface area contributed by atoms with Crippen LogP contribution in [0.2, 0.25) is 0 Å². The van der Waals surface area contributed by atoms with Crippen LogP contribution < -0.4 is 15.2 Å². The van der Waals surface area contributed by atoms with Crippen LogP contribution in [-0.2, 0) is 13.0 Å². The zero-order chi connectivity index (χ0) is 15.2. The maximum atomic E-state index is 13.1. The number of hydrogen-bond donors (Lipinski definition) is 1. The van der Waals surface area contributed by atoms with E-state index in [9.17, 15) is 8.78 Å². The van der Waals surface area contributed by atoms with Crippen LogP contribution in [0.1, 0.15) is 11.1 Å². The molecule has 0 spiro atoms. The van der Waals surface area contributed by atoms with Gasteiger partial charge in [-0.1, -0.05) is 6.07 Å². The van der Waals surface area contributed by atoms with E-state index in [0.717, 1.165) is 18.1 Å². The van der Waals surface area contributed by atoms with E-state index >= 15 is 0 Å². The second-order valence-corrected chi connectivity index (χ2v) is 4.59. The van der Waals surface area contributed by atoms with E-state index in [-0.39, 0.29) is 6.61 Å². The second-order valence-electron chi connectivity index (χ2n) is 4.59. The molecule has 5 heteroatoms. The normalized spacial score (nSPS) is 10.5. The van der Waals surface area contributed by atoms with Crippen LogP contribution >= 0.6 is 0 Å². The molecular weight excluding hydrogens is 276 g/mol. The maximum absolute atomic E-state index is 13.1. The second kappa shape index (κ2) is 7.04. The molecule has 0 saturated heterocycles. The van der Waals surface area contributed by atoms with E-state index < -0.39 is 11.6 Å². The minimum atomic E-state index is -0.627. The fourth-order valence-electron chi connectivity index (χ4n) is 2.01. The van der Waals surface area contributed by atoms with Gasteiger partial charge in [-0.3, -0.25) is 0 Å². The van der Waals surface area contributed by atoms with Crippen molar-refractivity contribution >= 4 is 0 Å². The molecule has 2 rings (SSSR count). The number of ether oxygens (including phenoxy) is 2. The van der Waals surface area contributed by atoms with Gasteiger partial charge in [0.1, 0.15) is 18.2 Å². The molecule has 0 aliphatic heterocycles. The summed E-state index contributed by atoms with van der Waals surface area (Å²) in [6.45, 7) is 0.581. The van der Waals surface area contributed by atoms with Crippen LogP contribution in [0, 0.1) is 11.6 Å². The molecule has 2 N–H and O–H groups in total. The molecule has 112 valence electrons. The van der Waals surface area contributed by atoms with Crippen LogP contribution in [0.5, 0.6) is 11.5 Å². The fourth-order valence-corrected chi connectivity index (χ4v) is 2.01. The van der Waals surface area contributed by atoms with Crippen molar-refractivity contribution in [3.63, 3.8) is 0 Å². The van der Waals surface area contributed by atoms with Crippen molar-refractivity contribution in [1.82, 2.24) is 0 Å². The third kappa shape index (κ3) is 4.16. The predicted molar refractivity (Wildman–Crippen MR) is 76.4 cm³/mol. The van der Waals surface area contributed by atoms with Gasteiger partial charge in [0.05, 0.1) is 7.11 Å². The van der Waals surface area contributed by atoms with Gasteiger partial charge in [-0.2, -0.15) is 0 Å². The van der Waals surface area contributed by atoms with E-state index in [2.05, 4.69) is 0 Å². The lowest BCUT2D eigenvalue weighted by Gasteiger charge is -2.12. The topological polar surface area (TPSA) is 44.5 Å². The van der Waals surface area contributed by atoms with Gasteiger partial charge in [0.15, 0.2) is 11.5 Å². The summed E-state index contributed by atoms with van der Waals surface area (Å²) in [5.41, 5.74) is 6.95. The van der Waals surface area contributed by atoms with E-state index in [1.165, 1.54) is 19.2 Å². The van der Waals surface area contributed by atoms with Crippen LogP contribution in [0.4, 0.5) is 8.78 Å². The average Bonchev–Trinajstić information content (AvgIpc) is 2.45. The molecule has 0 bridgehead atoms. The Hall–Kier alpha value is -2.14. The SMILES string of the molecule is COc1ccc(CCN)cc1OCc1cc(F)cc(F)c1. The first kappa shape index (κ1) is 15.3. The Balaban J connectivity index is 2.15. The minimum Gasteiger partial charge on any atom is -0.493 e. The van der Waals surface area contributed by atoms with Gasteiger partial charge in [0.25, 0.3) is 0 Å². The van der Waals surface area contributed by atoms with Crippen molar-refractivity contribution in [2.75, 3.05) is 13.7 Å². The monoisotopic (exact) mass is 293 g/mol. The molecule has 0 aliphatic rings. The highest BCUT2D eigenvalue weighted by Gasteiger charge is 2.07. The molecule has 0 aromatic heterocycles. The molecule has 2 aromatic carbocycles. The zero-order valence-corrected chi connectivity index (χ0v) is 11.7. The molecule has 0 saturated carbocycles. The van der Waals surface area contributed by atoms with Gasteiger partial charge in [-0.05, 0) is 48.4 Å². The first-order valence-electron chi connectivity index (χ1n) is 6.57. The van der Waals surface area contributed by atoms with Gasteiger partial charge < -0.3 is 15.2 Å². The van der Waals surface area contributed by atoms with Crippen molar-refractivity contribution in [3.05, 3.63) is 59.2 Å². The minimum absolute atomic E-state index is 0.0527. The Kier molecular flexibility index (Phi) is 5.11. The lowest BCUT2D eigenvalue weighted by atomic mass is 10.1. The first-order chi connectivity index (χ1) is 10.1. The number of nitrogens with two attached hydrogens (primary N) is 1. The van der Waals surface area contributed by atoms with Crippen molar-refractivity contribution in [2.45, 2.75) is 13.0 Å². The Bertz CT molecular complexity index is 597. The summed E-state index contributed by atoms with van der Waals surface area (Å²) in [6, 6.07) is 8.80. The van der Waals surface area contributed by atoms with E-state index in [0.29, 0.717) is 23.6 Å². The molecule has 21 heavy (non-hydrogen) atoms. The van der Waals surface area contributed by atoms with Gasteiger partial charge >= 0.3 is 0 Å². The molecule has 0 unspecified atom stereocenters. The Morgan fingerprint density at radius 3 is 2.29 bits per heavy atom. The largest absolute Gasteiger partial charge is 0.493 e. The Labute approximate surface area is 122 Å². The van der Waals surface area contributed by atoms with E-state index in [1.54, 1.807) is 6.07 Å². The molecule has 0 amide bonds. The number of halogens is 2. The summed E-state index contributed by atoms with van der Waals surface area (Å²) in [6.07, 6.45) is 0.717. The van der Waals surface area contributed by atoms with E-state index in [1.807, 2.05) is 12.1 Å². The van der Waals surface area contributed by atoms with E-state index in [4.69, 9.17) is 15.2 Å². The van der Waals surface area contributed by atoms with Gasteiger partial charge in [0.2, 0.25) is 0 Å². The quantitative estimate of drug-likeness (QED) is 0.890. The summed E-state index contributed by atoms with van der Waals surface area (Å²) in [5, 5.41) is 0. The molecule has 3 nitrogen and oxygen atoms in total. The molecule has 0 atom stereocenters. The lowest BCUT2D eigenvalue weighted by Crippen LogP contribution is -2.04. The van der Waals surface area contributed by atoms with Crippen LogP contribution in [0.3, 0.4) is 0 Å². The maximum Gasteiger partial charge on any atom is 0.161 e. The lowest BCUT2D eigenvalue weighted by molar-refractivity contribution is 0.283. The predicted octanol–water partition coefficient (Wildman–Crippen LogP) is 3.05. The van der Waals surface area contributed by atoms with Crippen molar-refractivity contribution < 1.29 is 18.3 Å². The fraction of sp³-hybridized carbons (Fsp3) is 0.250. The highest BCUT2D eigenvalue weighted by molar-refractivity contribution is 5.43. The standard InChI is InChI=1S/C16H17F2NO2/c1-20-15-3-2-11(4-5-19)8-16(15)21-10-12-6-13(17)9-14(18)7-12/h2-3,6-9H,4-5,10,19H2,1H3. The Morgan fingerprint density at radius 1 is 0.952 bits per heavy atom. The van der Waals surface area contributed by atoms with Crippen LogP contribution in [0.15, 0.2) is 36.4 Å². The molecule has 0 radical (unpaired) electrons. The highest BCUT2D eigenvalue weighted by Crippen LogP contribution is 2.29. The molecule has 0 heterocycles. The summed E-state index contributed by atoms with van der Waals surface area (Å²) in [5.74, 6) is -0.171. The van der Waals surface area contributed by atoms with Crippen molar-refractivity contribution in [2.24, 2.45) is 5.73 Å². The average molecular weight is 293 g/mol. The number of hydrogen-bond acceptors (Lipinski definition) is 3. The molecule has 0 aliphatic carbocycles. The third-order valence-corrected chi connectivity index (χ3v) is 2.98. The number of methoxy groups -OCH3 is 1. The number of rotatable bonds is 6. The number of benzene rings is 2. The molecule has 2 aromatic rings. The molecular formula is C16H17F2NO2. The van der Waals surface area contributed by atoms with Crippen molar-refractivity contribution in [1.29, 1.82) is 0 Å².